The number of hydrogen-bond donors (Lipinski definition) is 1. The van der Waals surface area contributed by atoms with Gasteiger partial charge in [-0.25, -0.2) is 8.78 Å². The van der Waals surface area contributed by atoms with E-state index < -0.39 is 17.6 Å². The van der Waals surface area contributed by atoms with Crippen molar-refractivity contribution in [3.63, 3.8) is 0 Å². The minimum Gasteiger partial charge on any atom is -0.481 e. The molecule has 1 unspecified atom stereocenters. The smallest absolute Gasteiger partial charge is 0.306 e. The number of benzene rings is 3. The van der Waals surface area contributed by atoms with Crippen LogP contribution in [0, 0.1) is 17.6 Å². The molecule has 3 aromatic rings. The van der Waals surface area contributed by atoms with E-state index in [2.05, 4.69) is 4.90 Å². The molecule has 1 aliphatic heterocycles. The van der Waals surface area contributed by atoms with Crippen molar-refractivity contribution in [3.05, 3.63) is 83.4 Å². The number of fused-ring (bicyclic) bond motifs is 1. The summed E-state index contributed by atoms with van der Waals surface area (Å²) in [5.41, 5.74) is 1.32. The normalized spacial score (nSPS) is 16.9. The summed E-state index contributed by atoms with van der Waals surface area (Å²) in [6, 6.07) is 17.2. The average Bonchev–Trinajstić information content (AvgIpc) is 2.70. The maximum atomic E-state index is 14.7. The van der Waals surface area contributed by atoms with E-state index in [1.54, 1.807) is 0 Å². The Morgan fingerprint density at radius 3 is 2.36 bits per heavy atom. The molecule has 0 aliphatic carbocycles. The van der Waals surface area contributed by atoms with Crippen LogP contribution in [0.4, 0.5) is 8.78 Å². The van der Waals surface area contributed by atoms with Crippen molar-refractivity contribution < 1.29 is 18.7 Å². The zero-order valence-electron chi connectivity index (χ0n) is 15.3. The zero-order valence-corrected chi connectivity index (χ0v) is 15.3. The van der Waals surface area contributed by atoms with Crippen LogP contribution in [0.2, 0.25) is 0 Å². The third-order valence-electron chi connectivity index (χ3n) is 5.59. The highest BCUT2D eigenvalue weighted by molar-refractivity contribution is 5.83. The largest absolute Gasteiger partial charge is 0.481 e. The first kappa shape index (κ1) is 18.6. The third kappa shape index (κ3) is 3.62. The van der Waals surface area contributed by atoms with Crippen LogP contribution in [-0.2, 0) is 4.79 Å². The topological polar surface area (TPSA) is 40.5 Å². The van der Waals surface area contributed by atoms with E-state index in [0.29, 0.717) is 31.5 Å². The number of hydrogen-bond acceptors (Lipinski definition) is 2. The number of carbonyl (C=O) groups is 1. The van der Waals surface area contributed by atoms with E-state index in [4.69, 9.17) is 0 Å². The van der Waals surface area contributed by atoms with Crippen LogP contribution >= 0.6 is 0 Å². The van der Waals surface area contributed by atoms with Crippen LogP contribution in [0.3, 0.4) is 0 Å². The molecular formula is C23H21F2NO2. The van der Waals surface area contributed by atoms with Crippen molar-refractivity contribution in [2.24, 2.45) is 5.92 Å². The Labute approximate surface area is 162 Å². The highest BCUT2D eigenvalue weighted by Crippen LogP contribution is 2.35. The molecule has 28 heavy (non-hydrogen) atoms. The maximum absolute atomic E-state index is 14.7. The fraction of sp³-hybridized carbons (Fsp3) is 0.261. The fourth-order valence-electron chi connectivity index (χ4n) is 4.09. The van der Waals surface area contributed by atoms with E-state index in [1.165, 1.54) is 12.1 Å². The predicted molar refractivity (Wildman–Crippen MR) is 104 cm³/mol. The summed E-state index contributed by atoms with van der Waals surface area (Å²) in [7, 11) is 0. The molecule has 0 amide bonds. The Kier molecular flexibility index (Phi) is 5.09. The van der Waals surface area contributed by atoms with E-state index >= 15 is 0 Å². The monoisotopic (exact) mass is 381 g/mol. The van der Waals surface area contributed by atoms with Gasteiger partial charge in [0.25, 0.3) is 0 Å². The van der Waals surface area contributed by atoms with Crippen LogP contribution in [0.15, 0.2) is 60.7 Å². The number of piperidine rings is 1. The molecular weight excluding hydrogens is 360 g/mol. The Balaban J connectivity index is 1.75. The van der Waals surface area contributed by atoms with E-state index in [-0.39, 0.29) is 12.0 Å². The summed E-state index contributed by atoms with van der Waals surface area (Å²) in [6.45, 7) is 1.09. The van der Waals surface area contributed by atoms with Crippen LogP contribution in [0.1, 0.15) is 30.0 Å². The van der Waals surface area contributed by atoms with Crippen molar-refractivity contribution in [1.82, 2.24) is 4.90 Å². The predicted octanol–water partition coefficient (Wildman–Crippen LogP) is 5.00. The first-order valence-corrected chi connectivity index (χ1v) is 9.43. The number of halogens is 2. The van der Waals surface area contributed by atoms with Crippen LogP contribution < -0.4 is 0 Å². The lowest BCUT2D eigenvalue weighted by Crippen LogP contribution is -2.39. The number of likely N-dealkylation sites (tertiary alicyclic amines) is 1. The molecule has 1 atom stereocenters. The van der Waals surface area contributed by atoms with Crippen LogP contribution in [0.25, 0.3) is 10.8 Å². The summed E-state index contributed by atoms with van der Waals surface area (Å²) in [6.07, 6.45) is 1.03. The summed E-state index contributed by atoms with van der Waals surface area (Å²) in [5.74, 6) is -2.34. The highest BCUT2D eigenvalue weighted by Gasteiger charge is 2.31. The van der Waals surface area contributed by atoms with Gasteiger partial charge in [0.15, 0.2) is 0 Å². The van der Waals surface area contributed by atoms with E-state index in [1.807, 2.05) is 42.5 Å². The van der Waals surface area contributed by atoms with Gasteiger partial charge in [-0.3, -0.25) is 9.69 Å². The Morgan fingerprint density at radius 2 is 1.68 bits per heavy atom. The van der Waals surface area contributed by atoms with Gasteiger partial charge in [0, 0.05) is 11.6 Å². The Bertz CT molecular complexity index is 1010. The lowest BCUT2D eigenvalue weighted by Gasteiger charge is -2.37. The lowest BCUT2D eigenvalue weighted by atomic mass is 9.90. The van der Waals surface area contributed by atoms with Crippen molar-refractivity contribution in [3.8, 4) is 0 Å². The molecule has 1 heterocycles. The number of carboxylic acid groups (broad SMARTS) is 1. The number of nitrogens with zero attached hydrogens (tertiary/aromatic N) is 1. The minimum atomic E-state index is -0.783. The molecule has 5 heteroatoms. The van der Waals surface area contributed by atoms with Crippen molar-refractivity contribution in [2.75, 3.05) is 13.1 Å². The number of carboxylic acids is 1. The maximum Gasteiger partial charge on any atom is 0.306 e. The molecule has 0 aromatic heterocycles. The van der Waals surface area contributed by atoms with Gasteiger partial charge in [-0.05, 0) is 54.4 Å². The second-order valence-corrected chi connectivity index (χ2v) is 7.32. The van der Waals surface area contributed by atoms with Gasteiger partial charge in [-0.2, -0.15) is 0 Å². The third-order valence-corrected chi connectivity index (χ3v) is 5.59. The van der Waals surface area contributed by atoms with Crippen LogP contribution in [0.5, 0.6) is 0 Å². The Hall–Kier alpha value is -2.79. The first-order valence-electron chi connectivity index (χ1n) is 9.43. The lowest BCUT2D eigenvalue weighted by molar-refractivity contribution is -0.143. The van der Waals surface area contributed by atoms with Crippen molar-refractivity contribution in [1.29, 1.82) is 0 Å². The number of aliphatic carboxylic acids is 1. The molecule has 1 aliphatic rings. The van der Waals surface area contributed by atoms with Gasteiger partial charge >= 0.3 is 5.97 Å². The summed E-state index contributed by atoms with van der Waals surface area (Å²) >= 11 is 0. The minimum absolute atomic E-state index is 0.369. The average molecular weight is 381 g/mol. The van der Waals surface area contributed by atoms with E-state index in [9.17, 15) is 18.7 Å². The van der Waals surface area contributed by atoms with Crippen molar-refractivity contribution in [2.45, 2.75) is 18.9 Å². The highest BCUT2D eigenvalue weighted by atomic mass is 19.1. The fourth-order valence-corrected chi connectivity index (χ4v) is 4.09. The van der Waals surface area contributed by atoms with Gasteiger partial charge in [0.2, 0.25) is 0 Å². The second kappa shape index (κ2) is 7.68. The first-order chi connectivity index (χ1) is 13.5. The molecule has 4 rings (SSSR count). The molecule has 1 fully saturated rings. The molecule has 0 bridgehead atoms. The summed E-state index contributed by atoms with van der Waals surface area (Å²) < 4.78 is 28.2. The molecule has 1 N–H and O–H groups in total. The SMILES string of the molecule is O=C(O)C1CCN(C(c2ccc3ccccc3c2)c2ccc(F)cc2F)CC1. The molecule has 3 nitrogen and oxygen atoms in total. The molecule has 0 spiro atoms. The molecule has 0 saturated carbocycles. The van der Waals surface area contributed by atoms with Gasteiger partial charge in [-0.1, -0.05) is 42.5 Å². The molecule has 0 radical (unpaired) electrons. The molecule has 1 saturated heterocycles. The number of rotatable bonds is 4. The standard InChI is InChI=1S/C23H21F2NO2/c24-19-7-8-20(21(25)14-19)22(26-11-9-16(10-12-26)23(27)28)18-6-5-15-3-1-2-4-17(15)13-18/h1-8,13-14,16,22H,9-12H2,(H,27,28). The van der Waals surface area contributed by atoms with E-state index in [0.717, 1.165) is 22.4 Å². The van der Waals surface area contributed by atoms with Gasteiger partial charge < -0.3 is 5.11 Å². The van der Waals surface area contributed by atoms with Gasteiger partial charge in [0.1, 0.15) is 11.6 Å². The zero-order chi connectivity index (χ0) is 19.7. The summed E-state index contributed by atoms with van der Waals surface area (Å²) in [4.78, 5) is 13.4. The van der Waals surface area contributed by atoms with Crippen molar-refractivity contribution >= 4 is 16.7 Å². The molecule has 144 valence electrons. The molecule has 3 aromatic carbocycles. The quantitative estimate of drug-likeness (QED) is 0.691. The van der Waals surface area contributed by atoms with Gasteiger partial charge in [-0.15, -0.1) is 0 Å². The van der Waals surface area contributed by atoms with Gasteiger partial charge in [0.05, 0.1) is 12.0 Å². The summed E-state index contributed by atoms with van der Waals surface area (Å²) in [5, 5.41) is 11.4. The van der Waals surface area contributed by atoms with Crippen LogP contribution in [-0.4, -0.2) is 29.1 Å². The second-order valence-electron chi connectivity index (χ2n) is 7.32. The Morgan fingerprint density at radius 1 is 0.964 bits per heavy atom.